The van der Waals surface area contributed by atoms with Gasteiger partial charge in [-0.25, -0.2) is 0 Å². The second kappa shape index (κ2) is 11.9. The van der Waals surface area contributed by atoms with E-state index in [0.717, 1.165) is 52.4 Å². The van der Waals surface area contributed by atoms with Crippen LogP contribution in [0.1, 0.15) is 82.2 Å². The summed E-state index contributed by atoms with van der Waals surface area (Å²) in [6, 6.07) is 30.3. The average Bonchev–Trinajstić information content (AvgIpc) is 3.69. The predicted octanol–water partition coefficient (Wildman–Crippen LogP) is 11.8. The molecule has 50 heavy (non-hydrogen) atoms. The van der Waals surface area contributed by atoms with Gasteiger partial charge in [0.05, 0.1) is 19.1 Å². The van der Waals surface area contributed by atoms with Crippen LogP contribution < -0.4 is 18.9 Å². The molecule has 0 unspecified atom stereocenters. The smallest absolute Gasteiger partial charge is 0.178 e. The van der Waals surface area contributed by atoms with E-state index in [1.165, 1.54) is 38.1 Å². The molecule has 0 saturated heterocycles. The molecule has 1 aliphatic carbocycles. The van der Waals surface area contributed by atoms with E-state index in [4.69, 9.17) is 18.9 Å². The highest BCUT2D eigenvalue weighted by atomic mass is 32.2. The second-order valence-corrected chi connectivity index (χ2v) is 15.8. The van der Waals surface area contributed by atoms with Crippen LogP contribution in [0, 0.1) is 11.8 Å². The Labute approximate surface area is 300 Å². The maximum atomic E-state index is 7.65. The highest BCUT2D eigenvalue weighted by molar-refractivity contribution is 8.01. The lowest BCUT2D eigenvalue weighted by atomic mass is 9.71. The number of methoxy groups -OCH3 is 2. The topological polar surface area (TPSA) is 36.9 Å². The molecule has 0 fully saturated rings. The molecule has 5 aromatic carbocycles. The van der Waals surface area contributed by atoms with E-state index in [2.05, 4.69) is 114 Å². The van der Waals surface area contributed by atoms with Gasteiger partial charge in [0.25, 0.3) is 0 Å². The summed E-state index contributed by atoms with van der Waals surface area (Å²) in [5.41, 5.74) is 7.59. The van der Waals surface area contributed by atoms with Crippen LogP contribution in [0.3, 0.4) is 0 Å². The lowest BCUT2D eigenvalue weighted by molar-refractivity contribution is 0.0757. The Kier molecular flexibility index (Phi) is 7.80. The predicted molar refractivity (Wildman–Crippen MR) is 206 cm³/mol. The fourth-order valence-corrected chi connectivity index (χ4v) is 10.3. The fraction of sp³-hybridized carbons (Fsp3) is 0.333. The molecule has 0 bridgehead atoms. The van der Waals surface area contributed by atoms with Crippen molar-refractivity contribution < 1.29 is 18.9 Å². The first kappa shape index (κ1) is 32.8. The molecule has 4 nitrogen and oxygen atoms in total. The summed E-state index contributed by atoms with van der Waals surface area (Å²) in [6.45, 7) is 13.8. The number of hydrogen-bond donors (Lipinski definition) is 0. The van der Waals surface area contributed by atoms with Gasteiger partial charge in [0.2, 0.25) is 0 Å². The third-order valence-corrected chi connectivity index (χ3v) is 13.6. The minimum atomic E-state index is -0.887. The minimum Gasteiger partial charge on any atom is -0.497 e. The number of fused-ring (bicyclic) bond motifs is 9. The Bertz CT molecular complexity index is 2080. The van der Waals surface area contributed by atoms with Crippen molar-refractivity contribution in [3.63, 3.8) is 0 Å². The molecule has 0 atom stereocenters. The number of hydrogen-bond acceptors (Lipinski definition) is 5. The van der Waals surface area contributed by atoms with Gasteiger partial charge in [0, 0.05) is 39.3 Å². The molecule has 0 saturated carbocycles. The van der Waals surface area contributed by atoms with Gasteiger partial charge < -0.3 is 18.9 Å². The lowest BCUT2D eigenvalue weighted by Crippen LogP contribution is -2.40. The van der Waals surface area contributed by atoms with Crippen molar-refractivity contribution in [3.05, 3.63) is 119 Å². The van der Waals surface area contributed by atoms with E-state index in [1.807, 2.05) is 36.0 Å². The third-order valence-electron chi connectivity index (χ3n) is 11.7. The molecule has 0 amide bonds. The molecule has 0 N–H and O–H groups in total. The summed E-state index contributed by atoms with van der Waals surface area (Å²) in [5.74, 6) is 4.16. The molecule has 8 rings (SSSR count). The Balaban J connectivity index is 1.46. The summed E-state index contributed by atoms with van der Waals surface area (Å²) in [7, 11) is 3.40. The summed E-state index contributed by atoms with van der Waals surface area (Å²) >= 11 is 1.87. The van der Waals surface area contributed by atoms with Crippen molar-refractivity contribution in [2.75, 3.05) is 14.2 Å². The summed E-state index contributed by atoms with van der Waals surface area (Å²) in [6.07, 6.45) is 6.59. The van der Waals surface area contributed by atoms with Crippen LogP contribution in [0.5, 0.6) is 23.0 Å². The van der Waals surface area contributed by atoms with E-state index in [1.54, 1.807) is 14.2 Å². The second-order valence-electron chi connectivity index (χ2n) is 14.5. The first-order valence-corrected chi connectivity index (χ1v) is 18.8. The van der Waals surface area contributed by atoms with Crippen molar-refractivity contribution in [1.82, 2.24) is 0 Å². The van der Waals surface area contributed by atoms with Gasteiger partial charge in [-0.05, 0) is 83.0 Å². The fourth-order valence-electron chi connectivity index (χ4n) is 8.98. The van der Waals surface area contributed by atoms with E-state index in [9.17, 15) is 0 Å². The van der Waals surface area contributed by atoms with Gasteiger partial charge >= 0.3 is 0 Å². The normalized spacial score (nSPS) is 17.2. The standard InChI is InChI=1S/C45H46O4S/c1-9-43(10-2)37-14-12-11-13-33(37)40-35-25-38-39(50-45(48-38,27(3)4)28(5)6)26-36(35)42-34(41(40)43)23-24-44(49-42,29-15-19-31(46-7)20-16-29)30-17-21-32(47-8)22-18-30/h11-28H,9-10H2,1-8H3. The Morgan fingerprint density at radius 3 is 1.88 bits per heavy atom. The molecule has 3 aliphatic rings. The van der Waals surface area contributed by atoms with Crippen LogP contribution >= 0.6 is 11.8 Å². The summed E-state index contributed by atoms with van der Waals surface area (Å²) in [4.78, 5) is 0.831. The van der Waals surface area contributed by atoms with E-state index in [0.29, 0.717) is 11.8 Å². The van der Waals surface area contributed by atoms with E-state index < -0.39 is 5.60 Å². The first-order chi connectivity index (χ1) is 24.2. The van der Waals surface area contributed by atoms with Gasteiger partial charge in [0.15, 0.2) is 10.5 Å². The molecule has 2 heterocycles. The zero-order valence-corrected chi connectivity index (χ0v) is 31.2. The van der Waals surface area contributed by atoms with Crippen LogP contribution in [0.15, 0.2) is 95.9 Å². The van der Waals surface area contributed by atoms with Crippen molar-refractivity contribution in [2.45, 2.75) is 75.2 Å². The average molecular weight is 683 g/mol. The number of benzene rings is 5. The minimum absolute atomic E-state index is 0.146. The number of thioether (sulfide) groups is 1. The Hall–Kier alpha value is -4.35. The highest BCUT2D eigenvalue weighted by Gasteiger charge is 2.49. The van der Waals surface area contributed by atoms with Crippen LogP contribution in [0.25, 0.3) is 28.0 Å². The molecule has 256 valence electrons. The molecule has 5 heteroatoms. The summed E-state index contributed by atoms with van der Waals surface area (Å²) < 4.78 is 25.8. The Morgan fingerprint density at radius 1 is 0.720 bits per heavy atom. The van der Waals surface area contributed by atoms with E-state index >= 15 is 0 Å². The maximum Gasteiger partial charge on any atom is 0.178 e. The van der Waals surface area contributed by atoms with Gasteiger partial charge in [-0.3, -0.25) is 0 Å². The van der Waals surface area contributed by atoms with Crippen molar-refractivity contribution in [2.24, 2.45) is 11.8 Å². The van der Waals surface area contributed by atoms with Crippen LogP contribution in [-0.2, 0) is 11.0 Å². The molecule has 0 spiro atoms. The molecular weight excluding hydrogens is 637 g/mol. The molecule has 0 radical (unpaired) electrons. The highest BCUT2D eigenvalue weighted by Crippen LogP contribution is 2.63. The van der Waals surface area contributed by atoms with Gasteiger partial charge in [-0.1, -0.05) is 108 Å². The van der Waals surface area contributed by atoms with E-state index in [-0.39, 0.29) is 10.3 Å². The van der Waals surface area contributed by atoms with Crippen LogP contribution in [-0.4, -0.2) is 19.2 Å². The zero-order chi connectivity index (χ0) is 35.0. The molecular formula is C45H46O4S. The van der Waals surface area contributed by atoms with Gasteiger partial charge in [0.1, 0.15) is 23.0 Å². The van der Waals surface area contributed by atoms with Crippen molar-refractivity contribution in [1.29, 1.82) is 0 Å². The first-order valence-electron chi connectivity index (χ1n) is 18.0. The molecule has 2 aliphatic heterocycles. The molecule has 5 aromatic rings. The number of ether oxygens (including phenoxy) is 4. The SMILES string of the molecule is CCC1(CC)c2ccccc2-c2c1c1c(c3cc4c(cc23)OC(C(C)C)(C(C)C)S4)OC(c2ccc(OC)cc2)(c2ccc(OC)cc2)C=C1. The van der Waals surface area contributed by atoms with Crippen molar-refractivity contribution in [3.8, 4) is 34.1 Å². The van der Waals surface area contributed by atoms with Crippen molar-refractivity contribution >= 4 is 28.6 Å². The van der Waals surface area contributed by atoms with Gasteiger partial charge in [-0.2, -0.15) is 0 Å². The van der Waals surface area contributed by atoms with Crippen LogP contribution in [0.2, 0.25) is 0 Å². The quantitative estimate of drug-likeness (QED) is 0.163. The summed E-state index contributed by atoms with van der Waals surface area (Å²) in [5, 5.41) is 2.30. The third kappa shape index (κ3) is 4.45. The maximum absolute atomic E-state index is 7.65. The molecule has 0 aromatic heterocycles. The van der Waals surface area contributed by atoms with Crippen LogP contribution in [0.4, 0.5) is 0 Å². The Morgan fingerprint density at radius 2 is 1.32 bits per heavy atom. The lowest BCUT2D eigenvalue weighted by Gasteiger charge is -2.39. The monoisotopic (exact) mass is 682 g/mol. The number of rotatable bonds is 8. The largest absolute Gasteiger partial charge is 0.497 e. The van der Waals surface area contributed by atoms with Gasteiger partial charge in [-0.15, -0.1) is 0 Å². The zero-order valence-electron chi connectivity index (χ0n) is 30.3.